The SMILES string of the molecule is COc1cc(C(=O)N2CCC(O)(c3ccccn3)C(O)C2)ccc1CCCCCC(F)(F)F. The summed E-state index contributed by atoms with van der Waals surface area (Å²) in [5.41, 5.74) is 0.0457. The summed E-state index contributed by atoms with van der Waals surface area (Å²) in [5.74, 6) is 0.200. The highest BCUT2D eigenvalue weighted by molar-refractivity contribution is 5.95. The Bertz CT molecular complexity index is 939. The van der Waals surface area contributed by atoms with E-state index in [9.17, 15) is 28.2 Å². The van der Waals surface area contributed by atoms with Gasteiger partial charge in [0.2, 0.25) is 0 Å². The number of piperidine rings is 1. The van der Waals surface area contributed by atoms with E-state index in [2.05, 4.69) is 4.98 Å². The molecule has 1 aliphatic rings. The molecule has 1 aliphatic heterocycles. The number of methoxy groups -OCH3 is 1. The van der Waals surface area contributed by atoms with Crippen LogP contribution in [0.5, 0.6) is 5.75 Å². The van der Waals surface area contributed by atoms with Crippen molar-refractivity contribution in [3.8, 4) is 5.75 Å². The Balaban J connectivity index is 1.61. The molecule has 2 N–H and O–H groups in total. The van der Waals surface area contributed by atoms with Gasteiger partial charge in [0.15, 0.2) is 0 Å². The van der Waals surface area contributed by atoms with Crippen molar-refractivity contribution in [2.75, 3.05) is 20.2 Å². The lowest BCUT2D eigenvalue weighted by Crippen LogP contribution is -2.55. The van der Waals surface area contributed by atoms with Gasteiger partial charge in [0.25, 0.3) is 5.91 Å². The number of aryl methyl sites for hydroxylation is 1. The number of halogens is 3. The maximum absolute atomic E-state index is 13.0. The third kappa shape index (κ3) is 6.23. The largest absolute Gasteiger partial charge is 0.496 e. The normalized spacial score (nSPS) is 21.2. The van der Waals surface area contributed by atoms with Crippen LogP contribution in [0, 0.1) is 0 Å². The number of pyridine rings is 1. The number of aromatic nitrogens is 1. The van der Waals surface area contributed by atoms with Crippen LogP contribution in [0.15, 0.2) is 42.6 Å². The highest BCUT2D eigenvalue weighted by Crippen LogP contribution is 2.33. The minimum atomic E-state index is -4.13. The molecule has 9 heteroatoms. The number of amides is 1. The fourth-order valence-corrected chi connectivity index (χ4v) is 4.11. The molecule has 2 heterocycles. The molecule has 1 saturated heterocycles. The lowest BCUT2D eigenvalue weighted by molar-refractivity contribution is -0.135. The number of aliphatic hydroxyl groups excluding tert-OH is 1. The summed E-state index contributed by atoms with van der Waals surface area (Å²) in [4.78, 5) is 18.6. The molecular weight excluding hydrogens is 437 g/mol. The number of carbonyl (C=O) groups excluding carboxylic acids is 1. The van der Waals surface area contributed by atoms with Gasteiger partial charge in [-0.15, -0.1) is 0 Å². The number of hydrogen-bond acceptors (Lipinski definition) is 5. The molecule has 1 aromatic heterocycles. The lowest BCUT2D eigenvalue weighted by Gasteiger charge is -2.41. The van der Waals surface area contributed by atoms with Gasteiger partial charge in [0.1, 0.15) is 17.5 Å². The van der Waals surface area contributed by atoms with Crippen molar-refractivity contribution in [3.63, 3.8) is 0 Å². The van der Waals surface area contributed by atoms with E-state index in [0.717, 1.165) is 5.56 Å². The number of carbonyl (C=O) groups is 1. The maximum atomic E-state index is 13.0. The van der Waals surface area contributed by atoms with Crippen LogP contribution in [0.25, 0.3) is 0 Å². The number of rotatable bonds is 8. The predicted molar refractivity (Wildman–Crippen MR) is 116 cm³/mol. The first-order chi connectivity index (χ1) is 15.6. The molecule has 0 saturated carbocycles. The van der Waals surface area contributed by atoms with Crippen LogP contribution in [0.2, 0.25) is 0 Å². The van der Waals surface area contributed by atoms with Crippen molar-refractivity contribution in [1.29, 1.82) is 0 Å². The Hall–Kier alpha value is -2.65. The minimum Gasteiger partial charge on any atom is -0.496 e. The van der Waals surface area contributed by atoms with Gasteiger partial charge in [-0.25, -0.2) is 0 Å². The number of likely N-dealkylation sites (tertiary alicyclic amines) is 1. The summed E-state index contributed by atoms with van der Waals surface area (Å²) in [7, 11) is 1.48. The molecular formula is C24H29F3N2O4. The quantitative estimate of drug-likeness (QED) is 0.578. The average molecular weight is 467 g/mol. The lowest BCUT2D eigenvalue weighted by atomic mass is 9.85. The predicted octanol–water partition coefficient (Wildman–Crippen LogP) is 3.85. The summed E-state index contributed by atoms with van der Waals surface area (Å²) < 4.78 is 42.2. The standard InChI is InChI=1S/C24H29F3N2O4/c1-33-19-15-18(10-9-17(19)7-3-2-5-11-24(25,26)27)22(31)29-14-12-23(32,21(30)16-29)20-8-4-6-13-28-20/h4,6,8-10,13,15,21,30,32H,2-3,5,7,11-12,14,16H2,1H3. The molecule has 1 fully saturated rings. The van der Waals surface area contributed by atoms with Crippen LogP contribution in [-0.2, 0) is 12.0 Å². The molecule has 0 aliphatic carbocycles. The number of hydrogen-bond donors (Lipinski definition) is 2. The van der Waals surface area contributed by atoms with E-state index < -0.39 is 24.3 Å². The zero-order valence-electron chi connectivity index (χ0n) is 18.5. The monoisotopic (exact) mass is 466 g/mol. The van der Waals surface area contributed by atoms with E-state index >= 15 is 0 Å². The zero-order valence-corrected chi connectivity index (χ0v) is 18.5. The van der Waals surface area contributed by atoms with E-state index in [1.807, 2.05) is 0 Å². The van der Waals surface area contributed by atoms with Gasteiger partial charge in [0.05, 0.1) is 19.3 Å². The number of aliphatic hydroxyl groups is 2. The second-order valence-electron chi connectivity index (χ2n) is 8.36. The fraction of sp³-hybridized carbons (Fsp3) is 0.500. The number of alkyl halides is 3. The van der Waals surface area contributed by atoms with Crippen LogP contribution in [0.4, 0.5) is 13.2 Å². The van der Waals surface area contributed by atoms with Gasteiger partial charge in [-0.05, 0) is 49.1 Å². The molecule has 0 spiro atoms. The molecule has 1 amide bonds. The Morgan fingerprint density at radius 2 is 2.03 bits per heavy atom. The molecule has 2 unspecified atom stereocenters. The fourth-order valence-electron chi connectivity index (χ4n) is 4.11. The van der Waals surface area contributed by atoms with Crippen molar-refractivity contribution in [1.82, 2.24) is 9.88 Å². The van der Waals surface area contributed by atoms with Crippen LogP contribution in [0.1, 0.15) is 53.7 Å². The molecule has 2 aromatic rings. The summed E-state index contributed by atoms with van der Waals surface area (Å²) in [6, 6.07) is 10.1. The third-order valence-electron chi connectivity index (χ3n) is 6.04. The molecule has 3 rings (SSSR count). The van der Waals surface area contributed by atoms with Gasteiger partial charge in [-0.3, -0.25) is 9.78 Å². The van der Waals surface area contributed by atoms with Crippen molar-refractivity contribution in [2.45, 2.75) is 56.4 Å². The molecule has 0 radical (unpaired) electrons. The zero-order chi connectivity index (χ0) is 24.1. The van der Waals surface area contributed by atoms with E-state index in [1.165, 1.54) is 12.0 Å². The molecule has 33 heavy (non-hydrogen) atoms. The van der Waals surface area contributed by atoms with Crippen LogP contribution < -0.4 is 4.74 Å². The molecule has 180 valence electrons. The number of benzene rings is 1. The Labute approximate surface area is 191 Å². The summed E-state index contributed by atoms with van der Waals surface area (Å²) in [6.07, 6.45) is -2.74. The van der Waals surface area contributed by atoms with Gasteiger partial charge >= 0.3 is 6.18 Å². The number of nitrogens with zero attached hydrogens (tertiary/aromatic N) is 2. The van der Waals surface area contributed by atoms with Crippen LogP contribution in [0.3, 0.4) is 0 Å². The summed E-state index contributed by atoms with van der Waals surface area (Å²) in [6.45, 7) is 0.196. The first kappa shape index (κ1) is 25.0. The highest BCUT2D eigenvalue weighted by Gasteiger charge is 2.44. The topological polar surface area (TPSA) is 82.9 Å². The first-order valence-electron chi connectivity index (χ1n) is 11.0. The summed E-state index contributed by atoms with van der Waals surface area (Å²) >= 11 is 0. The Morgan fingerprint density at radius 3 is 2.67 bits per heavy atom. The Kier molecular flexibility index (Phi) is 7.97. The summed E-state index contributed by atoms with van der Waals surface area (Å²) in [5, 5.41) is 21.5. The average Bonchev–Trinajstić information content (AvgIpc) is 2.80. The smallest absolute Gasteiger partial charge is 0.389 e. The van der Waals surface area contributed by atoms with E-state index in [-0.39, 0.29) is 31.8 Å². The number of ether oxygens (including phenoxy) is 1. The van der Waals surface area contributed by atoms with Gasteiger partial charge < -0.3 is 19.8 Å². The Morgan fingerprint density at radius 1 is 1.24 bits per heavy atom. The van der Waals surface area contributed by atoms with Crippen molar-refractivity contribution in [3.05, 3.63) is 59.4 Å². The van der Waals surface area contributed by atoms with Gasteiger partial charge in [-0.1, -0.05) is 18.6 Å². The number of unbranched alkanes of at least 4 members (excludes halogenated alkanes) is 2. The van der Waals surface area contributed by atoms with Crippen molar-refractivity contribution < 1.29 is 32.9 Å². The number of β-amino-alcohol motifs (C(OH)–C–C–N with tert-alkyl or cyclic N) is 1. The molecule has 6 nitrogen and oxygen atoms in total. The molecule has 0 bridgehead atoms. The first-order valence-corrected chi connectivity index (χ1v) is 11.0. The van der Waals surface area contributed by atoms with Gasteiger partial charge in [-0.2, -0.15) is 13.2 Å². The van der Waals surface area contributed by atoms with E-state index in [1.54, 1.807) is 42.6 Å². The van der Waals surface area contributed by atoms with Gasteiger partial charge in [0, 0.05) is 31.1 Å². The van der Waals surface area contributed by atoms with E-state index in [0.29, 0.717) is 36.3 Å². The van der Waals surface area contributed by atoms with Crippen LogP contribution >= 0.6 is 0 Å². The molecule has 2 atom stereocenters. The van der Waals surface area contributed by atoms with Crippen molar-refractivity contribution >= 4 is 5.91 Å². The second kappa shape index (κ2) is 10.5. The highest BCUT2D eigenvalue weighted by atomic mass is 19.4. The molecule has 1 aromatic carbocycles. The second-order valence-corrected chi connectivity index (χ2v) is 8.36. The maximum Gasteiger partial charge on any atom is 0.389 e. The third-order valence-corrected chi connectivity index (χ3v) is 6.04. The minimum absolute atomic E-state index is 0.0464. The van der Waals surface area contributed by atoms with Crippen molar-refractivity contribution in [2.24, 2.45) is 0 Å². The van der Waals surface area contributed by atoms with Crippen LogP contribution in [-0.4, -0.2) is 58.5 Å². The van der Waals surface area contributed by atoms with E-state index in [4.69, 9.17) is 4.74 Å².